The summed E-state index contributed by atoms with van der Waals surface area (Å²) in [6.45, 7) is -0.0679. The van der Waals surface area contributed by atoms with E-state index in [9.17, 15) is 18.8 Å². The van der Waals surface area contributed by atoms with Crippen molar-refractivity contribution in [1.29, 1.82) is 0 Å². The second kappa shape index (κ2) is 12.7. The van der Waals surface area contributed by atoms with E-state index in [0.717, 1.165) is 6.07 Å². The van der Waals surface area contributed by atoms with Crippen LogP contribution >= 0.6 is 0 Å². The highest BCUT2D eigenvalue weighted by Crippen LogP contribution is 2.47. The van der Waals surface area contributed by atoms with E-state index in [0.29, 0.717) is 40.9 Å². The van der Waals surface area contributed by atoms with Gasteiger partial charge in [0.15, 0.2) is 23.1 Å². The molecule has 0 saturated heterocycles. The third kappa shape index (κ3) is 6.79. The van der Waals surface area contributed by atoms with Crippen LogP contribution in [0.25, 0.3) is 10.9 Å². The molecule has 0 bridgehead atoms. The number of fused-ring (bicyclic) bond motifs is 1. The van der Waals surface area contributed by atoms with E-state index in [1.54, 1.807) is 18.2 Å². The number of pyridine rings is 1. The molecule has 0 atom stereocenters. The van der Waals surface area contributed by atoms with Crippen LogP contribution in [0.1, 0.15) is 19.3 Å². The lowest BCUT2D eigenvalue weighted by Gasteiger charge is -2.16. The molecular weight excluding hydrogens is 566 g/mol. The van der Waals surface area contributed by atoms with Gasteiger partial charge < -0.3 is 36.1 Å². The maximum absolute atomic E-state index is 15.1. The molecule has 2 amide bonds. The lowest BCUT2D eigenvalue weighted by molar-refractivity contribution is -0.137. The molecule has 1 fully saturated rings. The first-order valence-corrected chi connectivity index (χ1v) is 12.9. The van der Waals surface area contributed by atoms with Crippen molar-refractivity contribution in [3.05, 3.63) is 78.5 Å². The molecule has 0 aliphatic heterocycles. The maximum atomic E-state index is 15.1. The second-order valence-corrected chi connectivity index (χ2v) is 9.57. The fourth-order valence-electron chi connectivity index (χ4n) is 4.23. The summed E-state index contributed by atoms with van der Waals surface area (Å²) in [7, 11) is 1.42. The summed E-state index contributed by atoms with van der Waals surface area (Å²) in [6, 6.07) is 13.8. The zero-order valence-electron chi connectivity index (χ0n) is 23.0. The van der Waals surface area contributed by atoms with Gasteiger partial charge in [0.05, 0.1) is 25.7 Å². The van der Waals surface area contributed by atoms with Crippen LogP contribution in [0.3, 0.4) is 0 Å². The predicted octanol–water partition coefficient (Wildman–Crippen LogP) is 5.69. The minimum Gasteiger partial charge on any atom is -0.493 e. The molecule has 1 saturated carbocycles. The van der Waals surface area contributed by atoms with Gasteiger partial charge in [0.2, 0.25) is 11.8 Å². The highest BCUT2D eigenvalue weighted by Gasteiger charge is 2.56. The van der Waals surface area contributed by atoms with E-state index in [-0.39, 0.29) is 36.4 Å². The molecule has 224 valence electrons. The molecule has 0 radical (unpaired) electrons. The molecule has 0 unspecified atom stereocenters. The van der Waals surface area contributed by atoms with Gasteiger partial charge in [-0.15, -0.1) is 0 Å². The van der Waals surface area contributed by atoms with Gasteiger partial charge in [0.1, 0.15) is 17.0 Å². The monoisotopic (exact) mass is 594 g/mol. The minimum atomic E-state index is -1.30. The van der Waals surface area contributed by atoms with Crippen molar-refractivity contribution >= 4 is 40.1 Å². The molecule has 3 aromatic carbocycles. The molecule has 43 heavy (non-hydrogen) atoms. The smallest absolute Gasteiger partial charge is 0.306 e. The quantitative estimate of drug-likeness (QED) is 0.159. The molecule has 1 aromatic heterocycles. The Labute approximate surface area is 244 Å². The van der Waals surface area contributed by atoms with Crippen LogP contribution in [0, 0.1) is 17.0 Å². The molecule has 6 N–H and O–H groups in total. The molecule has 5 rings (SSSR count). The number of rotatable bonds is 11. The number of aliphatic carboxylic acids is 1. The summed E-state index contributed by atoms with van der Waals surface area (Å²) in [6.07, 6.45) is 1.91. The summed E-state index contributed by atoms with van der Waals surface area (Å²) in [5.74, 6) is -2.59. The highest BCUT2D eigenvalue weighted by atomic mass is 19.1. The number of hydrogen-bond donors (Lipinski definition) is 4. The van der Waals surface area contributed by atoms with Gasteiger partial charge in [-0.3, -0.25) is 19.4 Å². The van der Waals surface area contributed by atoms with Gasteiger partial charge in [0, 0.05) is 35.1 Å². The Morgan fingerprint density at radius 1 is 0.884 bits per heavy atom. The number of aromatic nitrogens is 1. The maximum Gasteiger partial charge on any atom is 0.306 e. The first-order valence-electron chi connectivity index (χ1n) is 12.9. The zero-order chi connectivity index (χ0) is 29.9. The number of hydrogen-bond acceptors (Lipinski definition) is 8. The summed E-state index contributed by atoms with van der Waals surface area (Å²) in [5.41, 5.74) is -0.367. The van der Waals surface area contributed by atoms with Gasteiger partial charge in [-0.1, -0.05) is 0 Å². The van der Waals surface area contributed by atoms with Gasteiger partial charge in [-0.25, -0.2) is 8.78 Å². The largest absolute Gasteiger partial charge is 0.493 e. The van der Waals surface area contributed by atoms with Crippen molar-refractivity contribution in [2.45, 2.75) is 19.3 Å². The first kappa shape index (κ1) is 30.7. The fourth-order valence-corrected chi connectivity index (χ4v) is 4.23. The van der Waals surface area contributed by atoms with Gasteiger partial charge >= 0.3 is 5.97 Å². The number of anilines is 2. The molecule has 1 aliphatic rings. The Balaban J connectivity index is 0.00000423. The number of benzene rings is 3. The number of amides is 2. The topological polar surface area (TPSA) is 171 Å². The van der Waals surface area contributed by atoms with Crippen molar-refractivity contribution in [3.8, 4) is 23.0 Å². The zero-order valence-corrected chi connectivity index (χ0v) is 23.0. The Morgan fingerprint density at radius 2 is 1.56 bits per heavy atom. The van der Waals surface area contributed by atoms with Crippen LogP contribution in [-0.4, -0.2) is 41.6 Å². The second-order valence-electron chi connectivity index (χ2n) is 9.57. The molecule has 1 aliphatic carbocycles. The van der Waals surface area contributed by atoms with Crippen LogP contribution in [-0.2, 0) is 14.4 Å². The molecule has 11 nitrogen and oxygen atoms in total. The van der Waals surface area contributed by atoms with E-state index in [1.165, 1.54) is 49.7 Å². The number of halogens is 2. The van der Waals surface area contributed by atoms with Gasteiger partial charge in [-0.05, 0) is 61.4 Å². The van der Waals surface area contributed by atoms with E-state index in [4.69, 9.17) is 19.3 Å². The van der Waals surface area contributed by atoms with E-state index >= 15 is 4.39 Å². The molecule has 1 heterocycles. The highest BCUT2D eigenvalue weighted by molar-refractivity contribution is 6.16. The van der Waals surface area contributed by atoms with Crippen molar-refractivity contribution in [2.75, 3.05) is 24.4 Å². The summed E-state index contributed by atoms with van der Waals surface area (Å²) >= 11 is 0. The lowest BCUT2D eigenvalue weighted by Crippen LogP contribution is -2.35. The van der Waals surface area contributed by atoms with Crippen LogP contribution in [0.5, 0.6) is 23.0 Å². The Hall–Kier alpha value is -5.30. The van der Waals surface area contributed by atoms with Crippen molar-refractivity contribution in [1.82, 2.24) is 11.1 Å². The third-order valence-corrected chi connectivity index (χ3v) is 6.69. The van der Waals surface area contributed by atoms with E-state index < -0.39 is 34.8 Å². The number of ether oxygens (including phenoxy) is 3. The molecule has 13 heteroatoms. The van der Waals surface area contributed by atoms with Crippen molar-refractivity contribution < 1.29 is 42.5 Å². The van der Waals surface area contributed by atoms with Crippen molar-refractivity contribution in [3.63, 3.8) is 0 Å². The standard InChI is InChI=1S/C30H25F2N3O7.H3N/c1-40-25-15-20-22(16-26(25)41-13-9-27(36)37)33-12-8-23(20)42-24-7-6-19(14-21(24)32)35-29(39)30(10-11-30)28(38)34-18-4-2-17(31)3-5-18;/h2-8,12,14-16H,9-11,13H2,1H3,(H,34,38)(H,35,39)(H,36,37);1H3. The van der Waals surface area contributed by atoms with Crippen LogP contribution < -0.4 is 31.0 Å². The lowest BCUT2D eigenvalue weighted by atomic mass is 10.0. The first-order chi connectivity index (χ1) is 20.2. The van der Waals surface area contributed by atoms with Gasteiger partial charge in [0.25, 0.3) is 0 Å². The summed E-state index contributed by atoms with van der Waals surface area (Å²) in [4.78, 5) is 40.8. The average molecular weight is 595 g/mol. The number of nitrogens with one attached hydrogen (secondary N) is 2. The minimum absolute atomic E-state index is 0. The molecule has 4 aromatic rings. The summed E-state index contributed by atoms with van der Waals surface area (Å²) < 4.78 is 45.0. The number of nitrogens with zero attached hydrogens (tertiary/aromatic N) is 1. The Bertz CT molecular complexity index is 1680. The van der Waals surface area contributed by atoms with Crippen LogP contribution in [0.15, 0.2) is 66.9 Å². The Morgan fingerprint density at radius 3 is 2.19 bits per heavy atom. The third-order valence-electron chi connectivity index (χ3n) is 6.69. The predicted molar refractivity (Wildman–Crippen MR) is 153 cm³/mol. The summed E-state index contributed by atoms with van der Waals surface area (Å²) in [5, 5.41) is 14.5. The van der Waals surface area contributed by atoms with Crippen LogP contribution in [0.4, 0.5) is 20.2 Å². The number of carboxylic acid groups (broad SMARTS) is 1. The SMILES string of the molecule is COc1cc2c(Oc3ccc(NC(=O)C4(C(=O)Nc5ccc(F)cc5)CC4)cc3F)ccnc2cc1OCCC(=O)O.N. The molecule has 0 spiro atoms. The van der Waals surface area contributed by atoms with Crippen molar-refractivity contribution in [2.24, 2.45) is 5.41 Å². The van der Waals surface area contributed by atoms with E-state index in [1.807, 2.05) is 0 Å². The molecular formula is C30H28F2N4O7. The van der Waals surface area contributed by atoms with E-state index in [2.05, 4.69) is 15.6 Å². The normalized spacial score (nSPS) is 12.9. The van der Waals surface area contributed by atoms with Gasteiger partial charge in [-0.2, -0.15) is 0 Å². The number of carboxylic acids is 1. The number of carbonyl (C=O) groups is 3. The van der Waals surface area contributed by atoms with Crippen LogP contribution in [0.2, 0.25) is 0 Å². The Kier molecular flexibility index (Phi) is 9.05. The fraction of sp³-hybridized carbons (Fsp3) is 0.200. The average Bonchev–Trinajstić information content (AvgIpc) is 3.78. The number of carbonyl (C=O) groups excluding carboxylic acids is 2. The number of methoxy groups -OCH3 is 1.